The molecule has 0 spiro atoms. The number of hydrogen-bond acceptors (Lipinski definition) is 6. The fourth-order valence-corrected chi connectivity index (χ4v) is 5.06. The molecule has 1 fully saturated rings. The highest BCUT2D eigenvalue weighted by atomic mass is 16.7. The van der Waals surface area contributed by atoms with Crippen LogP contribution in [0.5, 0.6) is 17.2 Å². The molecule has 3 heterocycles. The second-order valence-electron chi connectivity index (χ2n) is 8.31. The number of benzene rings is 3. The quantitative estimate of drug-likeness (QED) is 0.673. The predicted octanol–water partition coefficient (Wildman–Crippen LogP) is 3.95. The van der Waals surface area contributed by atoms with Gasteiger partial charge in [0, 0.05) is 30.8 Å². The summed E-state index contributed by atoms with van der Waals surface area (Å²) in [5.41, 5.74) is 12.1. The second-order valence-corrected chi connectivity index (χ2v) is 8.31. The third-order valence-electron chi connectivity index (χ3n) is 6.55. The molecule has 3 aliphatic heterocycles. The Labute approximate surface area is 181 Å². The topological polar surface area (TPSA) is 55.0 Å². The van der Waals surface area contributed by atoms with E-state index in [1.165, 1.54) is 22.4 Å². The molecule has 0 aliphatic carbocycles. The van der Waals surface area contributed by atoms with Crippen molar-refractivity contribution in [3.8, 4) is 17.2 Å². The number of anilines is 1. The summed E-state index contributed by atoms with van der Waals surface area (Å²) in [6.07, 6.45) is 0. The van der Waals surface area contributed by atoms with Gasteiger partial charge in [0.15, 0.2) is 11.5 Å². The molecule has 1 saturated heterocycles. The first-order chi connectivity index (χ1) is 15.3. The highest BCUT2D eigenvalue weighted by Gasteiger charge is 2.44. The molecule has 31 heavy (non-hydrogen) atoms. The first kappa shape index (κ1) is 18.5. The maximum absolute atomic E-state index is 5.70. The number of nitrogens with one attached hydrogen (secondary N) is 2. The van der Waals surface area contributed by atoms with Crippen LogP contribution in [0.25, 0.3) is 0 Å². The van der Waals surface area contributed by atoms with Gasteiger partial charge < -0.3 is 19.1 Å². The van der Waals surface area contributed by atoms with Crippen molar-refractivity contribution in [1.82, 2.24) is 10.9 Å². The molecule has 0 radical (unpaired) electrons. The van der Waals surface area contributed by atoms with Crippen molar-refractivity contribution in [1.29, 1.82) is 0 Å². The summed E-state index contributed by atoms with van der Waals surface area (Å²) >= 11 is 0. The van der Waals surface area contributed by atoms with Gasteiger partial charge in [-0.25, -0.2) is 10.9 Å². The van der Waals surface area contributed by atoms with Crippen LogP contribution >= 0.6 is 0 Å². The molecule has 0 amide bonds. The van der Waals surface area contributed by atoms with E-state index in [1.807, 2.05) is 12.1 Å². The highest BCUT2D eigenvalue weighted by Crippen LogP contribution is 2.49. The molecular formula is C25H25N3O3. The van der Waals surface area contributed by atoms with Crippen molar-refractivity contribution in [2.75, 3.05) is 25.3 Å². The number of fused-ring (bicyclic) bond motifs is 4. The Bertz CT molecular complexity index is 1100. The van der Waals surface area contributed by atoms with Gasteiger partial charge in [0.05, 0.1) is 19.2 Å². The first-order valence-corrected chi connectivity index (χ1v) is 10.7. The third-order valence-corrected chi connectivity index (χ3v) is 6.55. The van der Waals surface area contributed by atoms with Crippen LogP contribution in [0.4, 0.5) is 5.69 Å². The molecule has 3 unspecified atom stereocenters. The van der Waals surface area contributed by atoms with Crippen LogP contribution in [0.3, 0.4) is 0 Å². The van der Waals surface area contributed by atoms with Crippen molar-refractivity contribution in [2.45, 2.75) is 18.6 Å². The minimum atomic E-state index is 0.205. The fraction of sp³-hybridized carbons (Fsp3) is 0.280. The SMILES string of the molecule is COc1cccc(CN2CC3C(c4ccccc4)NNC3c3cc4c(cc32)OCO4)c1. The number of hydrazine groups is 1. The molecule has 0 bridgehead atoms. The van der Waals surface area contributed by atoms with Crippen molar-refractivity contribution >= 4 is 5.69 Å². The van der Waals surface area contributed by atoms with E-state index in [-0.39, 0.29) is 18.9 Å². The van der Waals surface area contributed by atoms with Crippen molar-refractivity contribution in [2.24, 2.45) is 5.92 Å². The lowest BCUT2D eigenvalue weighted by Gasteiger charge is -2.39. The maximum Gasteiger partial charge on any atom is 0.231 e. The Morgan fingerprint density at radius 1 is 0.935 bits per heavy atom. The van der Waals surface area contributed by atoms with E-state index in [0.717, 1.165) is 30.3 Å². The van der Waals surface area contributed by atoms with Gasteiger partial charge in [-0.15, -0.1) is 0 Å². The molecule has 3 atom stereocenters. The minimum absolute atomic E-state index is 0.205. The van der Waals surface area contributed by atoms with Crippen LogP contribution < -0.4 is 30.0 Å². The highest BCUT2D eigenvalue weighted by molar-refractivity contribution is 5.66. The molecule has 3 aliphatic rings. The van der Waals surface area contributed by atoms with E-state index in [1.54, 1.807) is 7.11 Å². The zero-order valence-corrected chi connectivity index (χ0v) is 17.4. The minimum Gasteiger partial charge on any atom is -0.497 e. The molecule has 3 aromatic carbocycles. The summed E-state index contributed by atoms with van der Waals surface area (Å²) in [6.45, 7) is 2.00. The van der Waals surface area contributed by atoms with Crippen molar-refractivity contribution in [3.05, 3.63) is 83.4 Å². The number of ether oxygens (including phenoxy) is 3. The van der Waals surface area contributed by atoms with E-state index >= 15 is 0 Å². The largest absolute Gasteiger partial charge is 0.497 e. The molecule has 158 valence electrons. The molecule has 3 aromatic rings. The summed E-state index contributed by atoms with van der Waals surface area (Å²) in [5.74, 6) is 2.90. The van der Waals surface area contributed by atoms with Crippen LogP contribution in [-0.2, 0) is 6.54 Å². The number of nitrogens with zero attached hydrogens (tertiary/aromatic N) is 1. The Hall–Kier alpha value is -3.22. The smallest absolute Gasteiger partial charge is 0.231 e. The zero-order chi connectivity index (χ0) is 20.8. The number of methoxy groups -OCH3 is 1. The standard InChI is InChI=1S/C25H25N3O3/c1-29-18-9-5-6-16(10-18)13-28-14-20-24(17-7-3-2-4-8-17)26-27-25(20)19-11-22-23(12-21(19)28)31-15-30-22/h2-12,20,24-27H,13-15H2,1H3. The van der Waals surface area contributed by atoms with Crippen LogP contribution in [0.15, 0.2) is 66.7 Å². The van der Waals surface area contributed by atoms with Crippen molar-refractivity contribution in [3.63, 3.8) is 0 Å². The molecule has 2 N–H and O–H groups in total. The summed E-state index contributed by atoms with van der Waals surface area (Å²) < 4.78 is 16.8. The summed E-state index contributed by atoms with van der Waals surface area (Å²) in [7, 11) is 1.71. The average molecular weight is 415 g/mol. The van der Waals surface area contributed by atoms with E-state index in [2.05, 4.69) is 70.3 Å². The van der Waals surface area contributed by atoms with Gasteiger partial charge in [0.2, 0.25) is 6.79 Å². The molecular weight excluding hydrogens is 390 g/mol. The van der Waals surface area contributed by atoms with E-state index < -0.39 is 0 Å². The molecule has 0 aromatic heterocycles. The fourth-order valence-electron chi connectivity index (χ4n) is 5.06. The second kappa shape index (κ2) is 7.48. The molecule has 6 nitrogen and oxygen atoms in total. The first-order valence-electron chi connectivity index (χ1n) is 10.7. The van der Waals surface area contributed by atoms with Crippen LogP contribution in [0, 0.1) is 5.92 Å². The third kappa shape index (κ3) is 3.19. The Balaban J connectivity index is 1.40. The van der Waals surface area contributed by atoms with Crippen LogP contribution in [-0.4, -0.2) is 20.4 Å². The van der Waals surface area contributed by atoms with Gasteiger partial charge in [-0.1, -0.05) is 42.5 Å². The van der Waals surface area contributed by atoms with Gasteiger partial charge in [0.25, 0.3) is 0 Å². The lowest BCUT2D eigenvalue weighted by atomic mass is 9.81. The van der Waals surface area contributed by atoms with Gasteiger partial charge in [-0.3, -0.25) is 0 Å². The van der Waals surface area contributed by atoms with Crippen molar-refractivity contribution < 1.29 is 14.2 Å². The van der Waals surface area contributed by atoms with E-state index in [9.17, 15) is 0 Å². The maximum atomic E-state index is 5.70. The predicted molar refractivity (Wildman–Crippen MR) is 118 cm³/mol. The monoisotopic (exact) mass is 415 g/mol. The average Bonchev–Trinajstić information content (AvgIpc) is 3.45. The Kier molecular flexibility index (Phi) is 4.47. The molecule has 6 rings (SSSR count). The Morgan fingerprint density at radius 2 is 1.74 bits per heavy atom. The van der Waals surface area contributed by atoms with Gasteiger partial charge in [-0.05, 0) is 34.9 Å². The van der Waals surface area contributed by atoms with Gasteiger partial charge >= 0.3 is 0 Å². The lowest BCUT2D eigenvalue weighted by Crippen LogP contribution is -2.39. The summed E-state index contributed by atoms with van der Waals surface area (Å²) in [5, 5.41) is 0. The van der Waals surface area contributed by atoms with Crippen LogP contribution in [0.2, 0.25) is 0 Å². The molecule has 6 heteroatoms. The summed E-state index contributed by atoms with van der Waals surface area (Å²) in [6, 6.07) is 23.7. The van der Waals surface area contributed by atoms with Gasteiger partial charge in [-0.2, -0.15) is 0 Å². The van der Waals surface area contributed by atoms with Crippen LogP contribution in [0.1, 0.15) is 28.8 Å². The zero-order valence-electron chi connectivity index (χ0n) is 17.4. The normalized spacial score (nSPS) is 23.4. The number of rotatable bonds is 4. The lowest BCUT2D eigenvalue weighted by molar-refractivity contribution is 0.174. The van der Waals surface area contributed by atoms with E-state index in [0.29, 0.717) is 5.92 Å². The Morgan fingerprint density at radius 3 is 2.58 bits per heavy atom. The van der Waals surface area contributed by atoms with Gasteiger partial charge in [0.1, 0.15) is 5.75 Å². The summed E-state index contributed by atoms with van der Waals surface area (Å²) in [4.78, 5) is 2.46. The number of hydrogen-bond donors (Lipinski definition) is 2. The molecule has 0 saturated carbocycles. The van der Waals surface area contributed by atoms with E-state index in [4.69, 9.17) is 14.2 Å².